The molecular formula is C22H23BN2O4S. The molecule has 6 nitrogen and oxygen atoms in total. The summed E-state index contributed by atoms with van der Waals surface area (Å²) in [6, 6.07) is 6.73. The minimum atomic E-state index is -0.952. The van der Waals surface area contributed by atoms with E-state index < -0.39 is 12.0 Å². The number of fused-ring (bicyclic) bond motifs is 2. The van der Waals surface area contributed by atoms with Crippen molar-refractivity contribution in [2.75, 3.05) is 11.1 Å². The molecule has 2 unspecified atom stereocenters. The molecule has 2 aromatic rings. The number of ether oxygens (including phenoxy) is 1. The molecular weight excluding hydrogens is 399 g/mol. The second kappa shape index (κ2) is 6.98. The first kappa shape index (κ1) is 19.4. The van der Waals surface area contributed by atoms with Crippen LogP contribution in [-0.4, -0.2) is 34.7 Å². The fraction of sp³-hybridized carbons (Fsp3) is 0.364. The average Bonchev–Trinajstić information content (AvgIpc) is 3.42. The molecule has 0 radical (unpaired) electrons. The number of hydrogen-bond acceptors (Lipinski definition) is 5. The molecule has 3 aliphatic rings. The number of nitrogens with zero attached hydrogens (tertiary/aromatic N) is 1. The molecule has 2 N–H and O–H groups in total. The maximum absolute atomic E-state index is 12.8. The molecule has 8 heteroatoms. The number of carboxylic acids is 1. The SMILES string of the molecule is BC1(C)C=Cc2cccc(OCc3cc(=O)n4c(c3C3CC3)SCC4C(=O)O)c2N1. The zero-order valence-electron chi connectivity index (χ0n) is 17.0. The van der Waals surface area contributed by atoms with E-state index in [9.17, 15) is 14.7 Å². The van der Waals surface area contributed by atoms with E-state index in [0.29, 0.717) is 11.7 Å². The smallest absolute Gasteiger partial charge is 0.327 e. The number of aromatic nitrogens is 1. The molecule has 5 rings (SSSR count). The van der Waals surface area contributed by atoms with Crippen molar-refractivity contribution in [1.82, 2.24) is 4.57 Å². The third-order valence-electron chi connectivity index (χ3n) is 5.86. The van der Waals surface area contributed by atoms with Gasteiger partial charge in [0.2, 0.25) is 0 Å². The minimum absolute atomic E-state index is 0.166. The van der Waals surface area contributed by atoms with Crippen LogP contribution in [0.5, 0.6) is 5.75 Å². The highest BCUT2D eigenvalue weighted by molar-refractivity contribution is 7.99. The highest BCUT2D eigenvalue weighted by atomic mass is 32.2. The number of nitrogens with one attached hydrogen (secondary N) is 1. The third kappa shape index (κ3) is 3.33. The summed E-state index contributed by atoms with van der Waals surface area (Å²) >= 11 is 1.48. The molecule has 1 aliphatic carbocycles. The van der Waals surface area contributed by atoms with Crippen molar-refractivity contribution in [3.05, 3.63) is 57.4 Å². The summed E-state index contributed by atoms with van der Waals surface area (Å²) in [5.41, 5.74) is 3.57. The quantitative estimate of drug-likeness (QED) is 0.722. The Morgan fingerprint density at radius 3 is 2.97 bits per heavy atom. The Labute approximate surface area is 179 Å². The van der Waals surface area contributed by atoms with Gasteiger partial charge in [-0.2, -0.15) is 0 Å². The van der Waals surface area contributed by atoms with E-state index in [-0.39, 0.29) is 17.6 Å². The molecule has 1 aromatic carbocycles. The van der Waals surface area contributed by atoms with E-state index in [1.807, 2.05) is 18.2 Å². The summed E-state index contributed by atoms with van der Waals surface area (Å²) in [5.74, 6) is 0.580. The Hall–Kier alpha value is -2.61. The summed E-state index contributed by atoms with van der Waals surface area (Å²) < 4.78 is 7.68. The van der Waals surface area contributed by atoms with Crippen molar-refractivity contribution < 1.29 is 14.6 Å². The predicted molar refractivity (Wildman–Crippen MR) is 120 cm³/mol. The highest BCUT2D eigenvalue weighted by Crippen LogP contribution is 2.48. The van der Waals surface area contributed by atoms with Gasteiger partial charge in [-0.3, -0.25) is 9.36 Å². The number of thioether (sulfide) groups is 1. The van der Waals surface area contributed by atoms with Crippen LogP contribution in [0.4, 0.5) is 5.69 Å². The van der Waals surface area contributed by atoms with Gasteiger partial charge >= 0.3 is 5.97 Å². The van der Waals surface area contributed by atoms with Crippen LogP contribution in [0.15, 0.2) is 40.2 Å². The van der Waals surface area contributed by atoms with Crippen LogP contribution >= 0.6 is 11.8 Å². The normalized spacial score (nSPS) is 24.1. The third-order valence-corrected chi connectivity index (χ3v) is 7.03. The van der Waals surface area contributed by atoms with Gasteiger partial charge in [-0.15, -0.1) is 11.8 Å². The number of anilines is 1. The molecule has 0 bridgehead atoms. The summed E-state index contributed by atoms with van der Waals surface area (Å²) in [4.78, 5) is 24.4. The van der Waals surface area contributed by atoms with Gasteiger partial charge in [0.15, 0.2) is 0 Å². The summed E-state index contributed by atoms with van der Waals surface area (Å²) in [6.45, 7) is 2.39. The van der Waals surface area contributed by atoms with E-state index in [2.05, 4.69) is 32.2 Å². The topological polar surface area (TPSA) is 80.6 Å². The number of benzene rings is 1. The molecule has 3 heterocycles. The van der Waals surface area contributed by atoms with E-state index in [4.69, 9.17) is 4.74 Å². The Morgan fingerprint density at radius 2 is 2.23 bits per heavy atom. The maximum Gasteiger partial charge on any atom is 0.327 e. The average molecular weight is 422 g/mol. The molecule has 154 valence electrons. The second-order valence-corrected chi connectivity index (χ2v) is 9.73. The standard InChI is InChI=1S/C22H23BN2O4S/c1-22(23)8-7-13-3-2-4-16(19(13)24-22)29-10-14-9-17(26)25-15(21(27)28)11-30-20(25)18(14)12-5-6-12/h2-4,7-9,12,15,24H,5-6,10-11,23H2,1H3,(H,27,28). The molecule has 1 fully saturated rings. The zero-order chi connectivity index (χ0) is 21.0. The monoisotopic (exact) mass is 422 g/mol. The van der Waals surface area contributed by atoms with Crippen LogP contribution in [0.2, 0.25) is 0 Å². The number of rotatable bonds is 5. The molecule has 0 amide bonds. The van der Waals surface area contributed by atoms with Crippen molar-refractivity contribution in [3.63, 3.8) is 0 Å². The fourth-order valence-corrected chi connectivity index (χ4v) is 5.62. The minimum Gasteiger partial charge on any atom is -0.487 e. The zero-order valence-corrected chi connectivity index (χ0v) is 17.8. The Bertz CT molecular complexity index is 1140. The van der Waals surface area contributed by atoms with E-state index in [0.717, 1.165) is 46.0 Å². The van der Waals surface area contributed by atoms with Gasteiger partial charge in [-0.1, -0.05) is 24.3 Å². The van der Waals surface area contributed by atoms with Crippen molar-refractivity contribution in [1.29, 1.82) is 0 Å². The first-order valence-electron chi connectivity index (χ1n) is 10.2. The molecule has 1 saturated carbocycles. The molecule has 1 aromatic heterocycles. The Kier molecular flexibility index (Phi) is 4.50. The van der Waals surface area contributed by atoms with Crippen LogP contribution in [0.1, 0.15) is 48.4 Å². The van der Waals surface area contributed by atoms with Gasteiger partial charge in [0.1, 0.15) is 26.2 Å². The van der Waals surface area contributed by atoms with Crippen LogP contribution in [0.25, 0.3) is 6.08 Å². The summed E-state index contributed by atoms with van der Waals surface area (Å²) in [6.07, 6.45) is 6.36. The van der Waals surface area contributed by atoms with Crippen molar-refractivity contribution in [2.45, 2.75) is 48.8 Å². The van der Waals surface area contributed by atoms with Crippen LogP contribution in [0.3, 0.4) is 0 Å². The number of pyridine rings is 1. The van der Waals surface area contributed by atoms with Crippen molar-refractivity contribution >= 4 is 37.3 Å². The van der Waals surface area contributed by atoms with Gasteiger partial charge in [-0.05, 0) is 37.3 Å². The lowest BCUT2D eigenvalue weighted by Gasteiger charge is -2.30. The Balaban J connectivity index is 1.49. The number of carbonyl (C=O) groups is 1. The van der Waals surface area contributed by atoms with E-state index in [1.54, 1.807) is 6.07 Å². The van der Waals surface area contributed by atoms with Crippen LogP contribution in [0, 0.1) is 0 Å². The summed E-state index contributed by atoms with van der Waals surface area (Å²) in [7, 11) is 2.10. The molecule has 0 saturated heterocycles. The summed E-state index contributed by atoms with van der Waals surface area (Å²) in [5, 5.41) is 13.8. The van der Waals surface area contributed by atoms with Gasteiger partial charge in [0, 0.05) is 28.4 Å². The molecule has 2 aliphatic heterocycles. The number of para-hydroxylation sites is 1. The fourth-order valence-electron chi connectivity index (χ4n) is 4.21. The Morgan fingerprint density at radius 1 is 1.43 bits per heavy atom. The first-order chi connectivity index (χ1) is 14.3. The molecule has 0 spiro atoms. The van der Waals surface area contributed by atoms with Crippen molar-refractivity contribution in [3.8, 4) is 5.75 Å². The lowest BCUT2D eigenvalue weighted by molar-refractivity contribution is -0.140. The molecule has 30 heavy (non-hydrogen) atoms. The predicted octanol–water partition coefficient (Wildman–Crippen LogP) is 2.82. The first-order valence-corrected chi connectivity index (χ1v) is 11.2. The highest BCUT2D eigenvalue weighted by Gasteiger charge is 2.37. The number of aliphatic carboxylic acids is 1. The lowest BCUT2D eigenvalue weighted by atomic mass is 9.77. The van der Waals surface area contributed by atoms with E-state index in [1.165, 1.54) is 16.3 Å². The van der Waals surface area contributed by atoms with Gasteiger partial charge in [0.05, 0.1) is 10.7 Å². The van der Waals surface area contributed by atoms with Crippen LogP contribution in [-0.2, 0) is 11.4 Å². The van der Waals surface area contributed by atoms with E-state index >= 15 is 0 Å². The molecule has 2 atom stereocenters. The largest absolute Gasteiger partial charge is 0.487 e. The van der Waals surface area contributed by atoms with Gasteiger partial charge in [0.25, 0.3) is 5.56 Å². The number of carboxylic acid groups (broad SMARTS) is 1. The number of hydrogen-bond donors (Lipinski definition) is 2. The van der Waals surface area contributed by atoms with Crippen molar-refractivity contribution in [2.24, 2.45) is 0 Å². The lowest BCUT2D eigenvalue weighted by Crippen LogP contribution is -2.34. The van der Waals surface area contributed by atoms with Crippen LogP contribution < -0.4 is 15.6 Å². The van der Waals surface area contributed by atoms with Gasteiger partial charge < -0.3 is 15.2 Å². The van der Waals surface area contributed by atoms with Gasteiger partial charge in [-0.25, -0.2) is 4.79 Å². The second-order valence-electron chi connectivity index (χ2n) is 8.73. The maximum atomic E-state index is 12.8.